The van der Waals surface area contributed by atoms with Crippen molar-refractivity contribution in [3.8, 4) is 5.75 Å². The molecule has 1 aliphatic heterocycles. The summed E-state index contributed by atoms with van der Waals surface area (Å²) in [6.45, 7) is 10.1. The fraction of sp³-hybridized carbons (Fsp3) is 0.594. The van der Waals surface area contributed by atoms with Crippen molar-refractivity contribution in [1.82, 2.24) is 15.2 Å². The van der Waals surface area contributed by atoms with Gasteiger partial charge < -0.3 is 24.8 Å². The summed E-state index contributed by atoms with van der Waals surface area (Å²) in [6, 6.07) is 7.97. The van der Waals surface area contributed by atoms with Crippen LogP contribution >= 0.6 is 0 Å². The molecule has 224 valence electrons. The molecule has 1 saturated carbocycles. The van der Waals surface area contributed by atoms with Crippen LogP contribution in [0.3, 0.4) is 0 Å². The second-order valence-corrected chi connectivity index (χ2v) is 12.9. The standard InChI is InChI=1S/C32H46N4O5/c1-19(2)41-31(39)36-27(23-13-10-16-33-29(23)35(6)7)26(25(32(3,4)5)28(36)30(37)38)34-18-22-17-21(20-11-9-12-20)14-15-24(22)40-8/h10,13-17,19-20,25-28,34H,9,11-12,18H2,1-8H3,(H,37,38)/t25-,26-,27-,28-/m0/s1. The number of rotatable bonds is 9. The summed E-state index contributed by atoms with van der Waals surface area (Å²) in [5.41, 5.74) is 2.61. The monoisotopic (exact) mass is 566 g/mol. The maximum atomic E-state index is 13.7. The Bertz CT molecular complexity index is 1240. The molecular weight excluding hydrogens is 520 g/mol. The van der Waals surface area contributed by atoms with Crippen molar-refractivity contribution >= 4 is 17.9 Å². The fourth-order valence-corrected chi connectivity index (χ4v) is 6.44. The van der Waals surface area contributed by atoms with Gasteiger partial charge in [0.2, 0.25) is 0 Å². The quantitative estimate of drug-likeness (QED) is 0.404. The normalized spacial score (nSPS) is 22.9. The van der Waals surface area contributed by atoms with Gasteiger partial charge in [0.1, 0.15) is 17.6 Å². The Labute approximate surface area is 244 Å². The average molecular weight is 567 g/mol. The number of aromatic nitrogens is 1. The van der Waals surface area contributed by atoms with Gasteiger partial charge in [0.25, 0.3) is 0 Å². The predicted octanol–water partition coefficient (Wildman–Crippen LogP) is 5.60. The third-order valence-corrected chi connectivity index (χ3v) is 8.44. The zero-order valence-electron chi connectivity index (χ0n) is 25.7. The number of carboxylic acids is 1. The minimum Gasteiger partial charge on any atom is -0.496 e. The van der Waals surface area contributed by atoms with E-state index in [0.29, 0.717) is 18.3 Å². The van der Waals surface area contributed by atoms with Gasteiger partial charge in [-0.05, 0) is 55.7 Å². The van der Waals surface area contributed by atoms with Gasteiger partial charge in [-0.15, -0.1) is 0 Å². The Kier molecular flexibility index (Phi) is 9.16. The highest BCUT2D eigenvalue weighted by Gasteiger charge is 2.59. The number of pyridine rings is 1. The number of amides is 1. The maximum absolute atomic E-state index is 13.7. The van der Waals surface area contributed by atoms with E-state index in [2.05, 4.69) is 22.4 Å². The molecule has 1 aliphatic carbocycles. The Morgan fingerprint density at radius 2 is 1.90 bits per heavy atom. The van der Waals surface area contributed by atoms with Gasteiger partial charge in [0, 0.05) is 49.9 Å². The van der Waals surface area contributed by atoms with Crippen LogP contribution in [0.15, 0.2) is 36.5 Å². The second-order valence-electron chi connectivity index (χ2n) is 12.9. The highest BCUT2D eigenvalue weighted by molar-refractivity contribution is 5.82. The van der Waals surface area contributed by atoms with Crippen LogP contribution in [0.2, 0.25) is 0 Å². The SMILES string of the molecule is COc1ccc(C2CCC2)cc1CN[C@H]1[C@H](C(C)(C)C)[C@@H](C(=O)O)N(C(=O)OC(C)C)[C@H]1c1cccnc1N(C)C. The van der Waals surface area contributed by atoms with Crippen LogP contribution in [0, 0.1) is 11.3 Å². The van der Waals surface area contributed by atoms with Crippen molar-refractivity contribution < 1.29 is 24.2 Å². The van der Waals surface area contributed by atoms with E-state index in [0.717, 1.165) is 16.9 Å². The van der Waals surface area contributed by atoms with Crippen LogP contribution in [-0.4, -0.2) is 66.4 Å². The number of carbonyl (C=O) groups is 2. The number of carboxylic acid groups (broad SMARTS) is 1. The van der Waals surface area contributed by atoms with Crippen LogP contribution in [0.25, 0.3) is 0 Å². The average Bonchev–Trinajstić information content (AvgIpc) is 3.22. The van der Waals surface area contributed by atoms with E-state index in [-0.39, 0.29) is 0 Å². The fourth-order valence-electron chi connectivity index (χ4n) is 6.44. The van der Waals surface area contributed by atoms with Gasteiger partial charge in [-0.1, -0.05) is 45.4 Å². The Hall–Kier alpha value is -3.33. The smallest absolute Gasteiger partial charge is 0.411 e. The highest BCUT2D eigenvalue weighted by Crippen LogP contribution is 2.50. The molecule has 2 aliphatic rings. The lowest BCUT2D eigenvalue weighted by atomic mass is 9.72. The third kappa shape index (κ3) is 6.30. The minimum atomic E-state index is -1.11. The maximum Gasteiger partial charge on any atom is 0.411 e. The number of hydrogen-bond donors (Lipinski definition) is 2. The molecule has 4 rings (SSSR count). The summed E-state index contributed by atoms with van der Waals surface area (Å²) in [5, 5.41) is 14.4. The topological polar surface area (TPSA) is 104 Å². The lowest BCUT2D eigenvalue weighted by Crippen LogP contribution is -2.48. The van der Waals surface area contributed by atoms with E-state index in [4.69, 9.17) is 9.47 Å². The number of methoxy groups -OCH3 is 1. The predicted molar refractivity (Wildman–Crippen MR) is 159 cm³/mol. The minimum absolute atomic E-state index is 0.404. The zero-order valence-corrected chi connectivity index (χ0v) is 25.7. The first-order chi connectivity index (χ1) is 19.3. The van der Waals surface area contributed by atoms with Crippen molar-refractivity contribution in [3.63, 3.8) is 0 Å². The van der Waals surface area contributed by atoms with Crippen LogP contribution in [-0.2, 0) is 16.1 Å². The molecule has 0 spiro atoms. The molecule has 1 aromatic carbocycles. The van der Waals surface area contributed by atoms with E-state index >= 15 is 0 Å². The van der Waals surface area contributed by atoms with Crippen LogP contribution in [0.5, 0.6) is 5.75 Å². The summed E-state index contributed by atoms with van der Waals surface area (Å²) in [5.74, 6) is 0.524. The van der Waals surface area contributed by atoms with Gasteiger partial charge in [0.05, 0.1) is 19.3 Å². The molecular formula is C32H46N4O5. The van der Waals surface area contributed by atoms with Gasteiger partial charge in [-0.2, -0.15) is 0 Å². The van der Waals surface area contributed by atoms with Crippen molar-refractivity contribution in [2.24, 2.45) is 11.3 Å². The molecule has 2 heterocycles. The number of carbonyl (C=O) groups excluding carboxylic acids is 1. The molecule has 2 fully saturated rings. The Morgan fingerprint density at radius 1 is 1.20 bits per heavy atom. The van der Waals surface area contributed by atoms with E-state index in [1.165, 1.54) is 29.7 Å². The number of hydrogen-bond acceptors (Lipinski definition) is 7. The molecule has 9 nitrogen and oxygen atoms in total. The molecule has 41 heavy (non-hydrogen) atoms. The first-order valence-electron chi connectivity index (χ1n) is 14.6. The largest absolute Gasteiger partial charge is 0.496 e. The third-order valence-electron chi connectivity index (χ3n) is 8.44. The summed E-state index contributed by atoms with van der Waals surface area (Å²) < 4.78 is 11.4. The number of likely N-dealkylation sites (tertiary alicyclic amines) is 1. The Morgan fingerprint density at radius 3 is 2.44 bits per heavy atom. The highest BCUT2D eigenvalue weighted by atomic mass is 16.6. The van der Waals surface area contributed by atoms with Crippen LogP contribution < -0.4 is 15.0 Å². The van der Waals surface area contributed by atoms with E-state index in [1.807, 2.05) is 58.0 Å². The lowest BCUT2D eigenvalue weighted by molar-refractivity contribution is -0.144. The molecule has 1 aromatic heterocycles. The molecule has 2 N–H and O–H groups in total. The van der Waals surface area contributed by atoms with Gasteiger partial charge in [-0.25, -0.2) is 14.6 Å². The first kappa shape index (κ1) is 30.6. The summed E-state index contributed by atoms with van der Waals surface area (Å²) >= 11 is 0. The number of anilines is 1. The molecule has 9 heteroatoms. The second kappa shape index (κ2) is 12.3. The molecule has 1 amide bonds. The van der Waals surface area contributed by atoms with Crippen LogP contribution in [0.1, 0.15) is 82.5 Å². The molecule has 0 radical (unpaired) electrons. The summed E-state index contributed by atoms with van der Waals surface area (Å²) in [6.07, 6.45) is 4.29. The molecule has 2 aromatic rings. The van der Waals surface area contributed by atoms with E-state index in [9.17, 15) is 14.7 Å². The van der Waals surface area contributed by atoms with E-state index < -0.39 is 47.6 Å². The number of aliphatic carboxylic acids is 1. The first-order valence-corrected chi connectivity index (χ1v) is 14.6. The zero-order chi connectivity index (χ0) is 30.1. The van der Waals surface area contributed by atoms with Crippen LogP contribution in [0.4, 0.5) is 10.6 Å². The van der Waals surface area contributed by atoms with Gasteiger partial charge in [-0.3, -0.25) is 4.90 Å². The van der Waals surface area contributed by atoms with E-state index in [1.54, 1.807) is 27.2 Å². The van der Waals surface area contributed by atoms with Crippen molar-refractivity contribution in [3.05, 3.63) is 53.2 Å². The molecule has 0 unspecified atom stereocenters. The summed E-state index contributed by atoms with van der Waals surface area (Å²) in [4.78, 5) is 34.7. The lowest BCUT2D eigenvalue weighted by Gasteiger charge is -2.35. The van der Waals surface area contributed by atoms with Crippen molar-refractivity contribution in [2.75, 3.05) is 26.1 Å². The number of ether oxygens (including phenoxy) is 2. The summed E-state index contributed by atoms with van der Waals surface area (Å²) in [7, 11) is 5.46. The van der Waals surface area contributed by atoms with Crippen molar-refractivity contribution in [2.45, 2.75) is 90.6 Å². The molecule has 1 saturated heterocycles. The van der Waals surface area contributed by atoms with Gasteiger partial charge >= 0.3 is 12.1 Å². The Balaban J connectivity index is 1.85. The number of benzene rings is 1. The number of nitrogens with zero attached hydrogens (tertiary/aromatic N) is 3. The van der Waals surface area contributed by atoms with Crippen molar-refractivity contribution in [1.29, 1.82) is 0 Å². The molecule has 0 bridgehead atoms. The number of nitrogens with one attached hydrogen (secondary N) is 1. The molecule has 4 atom stereocenters. The van der Waals surface area contributed by atoms with Gasteiger partial charge in [0.15, 0.2) is 0 Å².